The molecular weight excluding hydrogens is 371 g/mol. The fourth-order valence-electron chi connectivity index (χ4n) is 3.45. The van der Waals surface area contributed by atoms with Gasteiger partial charge in [0.1, 0.15) is 5.02 Å². The van der Waals surface area contributed by atoms with Gasteiger partial charge in [0.25, 0.3) is 5.91 Å². The van der Waals surface area contributed by atoms with Gasteiger partial charge >= 0.3 is 0 Å². The van der Waals surface area contributed by atoms with Crippen LogP contribution in [0.15, 0.2) is 16.8 Å². The largest absolute Gasteiger partial charge is 0.396 e. The summed E-state index contributed by atoms with van der Waals surface area (Å²) >= 11 is 17.7. The van der Waals surface area contributed by atoms with Gasteiger partial charge < -0.3 is 5.73 Å². The van der Waals surface area contributed by atoms with Crippen LogP contribution < -0.4 is 11.2 Å². The molecule has 8 heteroatoms. The Balaban J connectivity index is 1.72. The van der Waals surface area contributed by atoms with Crippen molar-refractivity contribution in [3.8, 4) is 0 Å². The number of allylic oxidation sites excluding steroid dienone is 2. The lowest BCUT2D eigenvalue weighted by Crippen LogP contribution is -2.48. The number of nitrogens with two attached hydrogens (primary N) is 1. The number of hydrazone groups is 1. The third-order valence-corrected chi connectivity index (χ3v) is 6.31. The number of carbonyl (C=O) groups is 1. The quantitative estimate of drug-likeness (QED) is 0.460. The van der Waals surface area contributed by atoms with Gasteiger partial charge in [0.15, 0.2) is 10.8 Å². The molecule has 3 aliphatic rings. The lowest BCUT2D eigenvalue weighted by atomic mass is 9.49. The van der Waals surface area contributed by atoms with Crippen LogP contribution in [0.2, 0.25) is 15.2 Å². The summed E-state index contributed by atoms with van der Waals surface area (Å²) in [5.41, 5.74) is 9.47. The van der Waals surface area contributed by atoms with E-state index >= 15 is 0 Å². The number of hydrogen-bond acceptors (Lipinski definition) is 4. The van der Waals surface area contributed by atoms with Crippen LogP contribution in [0.4, 0.5) is 5.69 Å². The summed E-state index contributed by atoms with van der Waals surface area (Å²) < 4.78 is 0. The summed E-state index contributed by atoms with van der Waals surface area (Å²) in [6.45, 7) is 4.54. The second kappa shape index (κ2) is 6.21. The number of anilines is 1. The molecule has 24 heavy (non-hydrogen) atoms. The van der Waals surface area contributed by atoms with Crippen LogP contribution in [0.1, 0.15) is 37.2 Å². The second-order valence-corrected chi connectivity index (χ2v) is 7.85. The zero-order chi connectivity index (χ0) is 17.6. The third-order valence-electron chi connectivity index (χ3n) is 5.18. The van der Waals surface area contributed by atoms with E-state index in [2.05, 4.69) is 35.4 Å². The number of fused-ring (bicyclic) bond motifs is 1. The van der Waals surface area contributed by atoms with Crippen molar-refractivity contribution in [2.75, 3.05) is 5.73 Å². The Bertz CT molecular complexity index is 773. The van der Waals surface area contributed by atoms with Crippen LogP contribution in [-0.4, -0.2) is 17.1 Å². The Morgan fingerprint density at radius 1 is 1.42 bits per heavy atom. The summed E-state index contributed by atoms with van der Waals surface area (Å²) in [6.07, 6.45) is 6.10. The standard InChI is InChI=1S/C16H17Cl3N4O/c1-16(2)8-4-3-7(9(16)5-8)6-21-23-15(24)13-10(17)12(20)11(18)14(19)22-13/h3,6,8-9H,4-5H2,1-2H3,(H2,20,22)(H,23,24). The number of nitrogens with one attached hydrogen (secondary N) is 1. The molecule has 1 heterocycles. The van der Waals surface area contributed by atoms with Crippen molar-refractivity contribution < 1.29 is 4.79 Å². The Kier molecular flexibility index (Phi) is 4.53. The molecule has 0 radical (unpaired) electrons. The van der Waals surface area contributed by atoms with Gasteiger partial charge in [-0.1, -0.05) is 54.7 Å². The van der Waals surface area contributed by atoms with Crippen LogP contribution in [0.25, 0.3) is 0 Å². The molecule has 3 N–H and O–H groups in total. The van der Waals surface area contributed by atoms with Crippen LogP contribution in [0.5, 0.6) is 0 Å². The lowest BCUT2D eigenvalue weighted by molar-refractivity contribution is -0.00126. The van der Waals surface area contributed by atoms with Crippen molar-refractivity contribution in [3.05, 3.63) is 32.5 Å². The minimum Gasteiger partial charge on any atom is -0.396 e. The topological polar surface area (TPSA) is 80.4 Å². The molecule has 0 aromatic carbocycles. The van der Waals surface area contributed by atoms with E-state index in [-0.39, 0.29) is 26.6 Å². The third kappa shape index (κ3) is 2.79. The van der Waals surface area contributed by atoms with Crippen molar-refractivity contribution in [1.82, 2.24) is 10.4 Å². The van der Waals surface area contributed by atoms with Crippen LogP contribution in [0.3, 0.4) is 0 Å². The number of pyridine rings is 1. The molecule has 0 saturated heterocycles. The molecule has 0 aliphatic heterocycles. The Morgan fingerprint density at radius 2 is 2.12 bits per heavy atom. The highest BCUT2D eigenvalue weighted by Gasteiger charge is 2.50. The minimum atomic E-state index is -0.594. The molecule has 128 valence electrons. The average Bonchev–Trinajstić information content (AvgIpc) is 2.56. The highest BCUT2D eigenvalue weighted by molar-refractivity contribution is 6.46. The molecule has 0 spiro atoms. The fraction of sp³-hybridized carbons (Fsp3) is 0.438. The van der Waals surface area contributed by atoms with E-state index in [4.69, 9.17) is 40.5 Å². The Morgan fingerprint density at radius 3 is 2.75 bits per heavy atom. The number of aromatic nitrogens is 1. The van der Waals surface area contributed by atoms with E-state index in [1.54, 1.807) is 6.21 Å². The number of nitrogen functional groups attached to an aromatic ring is 1. The number of carbonyl (C=O) groups excluding carboxylic acids is 1. The highest BCUT2D eigenvalue weighted by atomic mass is 35.5. The first-order chi connectivity index (χ1) is 11.2. The molecule has 2 unspecified atom stereocenters. The highest BCUT2D eigenvalue weighted by Crippen LogP contribution is 2.58. The zero-order valence-electron chi connectivity index (χ0n) is 13.2. The van der Waals surface area contributed by atoms with E-state index in [9.17, 15) is 4.79 Å². The summed E-state index contributed by atoms with van der Waals surface area (Å²) in [6, 6.07) is 0. The molecular formula is C16H17Cl3N4O. The lowest BCUT2D eigenvalue weighted by Gasteiger charge is -2.55. The smallest absolute Gasteiger partial charge is 0.291 e. The number of nitrogens with zero attached hydrogens (tertiary/aromatic N) is 2. The van der Waals surface area contributed by atoms with Crippen molar-refractivity contribution in [2.24, 2.45) is 22.4 Å². The Labute approximate surface area is 155 Å². The number of rotatable bonds is 3. The predicted molar refractivity (Wildman–Crippen MR) is 97.7 cm³/mol. The SMILES string of the molecule is CC1(C)C2CC=C(C=NNC(=O)c3nc(Cl)c(Cl)c(N)c3Cl)C1C2. The maximum atomic E-state index is 12.2. The number of amides is 1. The molecule has 2 bridgehead atoms. The predicted octanol–water partition coefficient (Wildman–Crippen LogP) is 4.33. The summed E-state index contributed by atoms with van der Waals surface area (Å²) in [7, 11) is 0. The van der Waals surface area contributed by atoms with Gasteiger partial charge in [-0.3, -0.25) is 4.79 Å². The van der Waals surface area contributed by atoms with Crippen molar-refractivity contribution in [3.63, 3.8) is 0 Å². The van der Waals surface area contributed by atoms with Crippen LogP contribution in [-0.2, 0) is 0 Å². The average molecular weight is 388 g/mol. The first-order valence-corrected chi connectivity index (χ1v) is 8.70. The fourth-order valence-corrected chi connectivity index (χ4v) is 4.04. The maximum absolute atomic E-state index is 12.2. The van der Waals surface area contributed by atoms with Crippen molar-refractivity contribution >= 4 is 52.6 Å². The maximum Gasteiger partial charge on any atom is 0.291 e. The minimum absolute atomic E-state index is 0.0183. The number of halogens is 3. The zero-order valence-corrected chi connectivity index (χ0v) is 15.5. The number of hydrogen-bond donors (Lipinski definition) is 2. The van der Waals surface area contributed by atoms with Gasteiger partial charge in [-0.25, -0.2) is 10.4 Å². The molecule has 2 atom stereocenters. The van der Waals surface area contributed by atoms with Gasteiger partial charge in [0.05, 0.1) is 16.9 Å². The van der Waals surface area contributed by atoms with Gasteiger partial charge in [0, 0.05) is 0 Å². The Hall–Kier alpha value is -1.30. The normalized spacial score (nSPS) is 24.5. The monoisotopic (exact) mass is 386 g/mol. The van der Waals surface area contributed by atoms with Gasteiger partial charge in [-0.05, 0) is 35.7 Å². The molecule has 1 aromatic heterocycles. The first-order valence-electron chi connectivity index (χ1n) is 7.57. The van der Waals surface area contributed by atoms with Crippen LogP contribution >= 0.6 is 34.8 Å². The molecule has 5 nitrogen and oxygen atoms in total. The molecule has 1 aromatic rings. The summed E-state index contributed by atoms with van der Waals surface area (Å²) in [5.74, 6) is 0.638. The van der Waals surface area contributed by atoms with Crippen molar-refractivity contribution in [2.45, 2.75) is 26.7 Å². The van der Waals surface area contributed by atoms with E-state index in [0.29, 0.717) is 11.3 Å². The summed E-state index contributed by atoms with van der Waals surface area (Å²) in [5, 5.41) is 3.93. The van der Waals surface area contributed by atoms with E-state index in [1.165, 1.54) is 6.42 Å². The van der Waals surface area contributed by atoms with Gasteiger partial charge in [-0.15, -0.1) is 0 Å². The molecule has 4 rings (SSSR count). The molecule has 1 amide bonds. The van der Waals surface area contributed by atoms with E-state index < -0.39 is 5.91 Å². The van der Waals surface area contributed by atoms with Gasteiger partial charge in [-0.2, -0.15) is 5.10 Å². The second-order valence-electron chi connectivity index (χ2n) is 6.74. The first kappa shape index (κ1) is 17.5. The van der Waals surface area contributed by atoms with Crippen LogP contribution in [0, 0.1) is 17.3 Å². The van der Waals surface area contributed by atoms with E-state index in [0.717, 1.165) is 17.9 Å². The van der Waals surface area contributed by atoms with E-state index in [1.807, 2.05) is 0 Å². The van der Waals surface area contributed by atoms with Crippen molar-refractivity contribution in [1.29, 1.82) is 0 Å². The summed E-state index contributed by atoms with van der Waals surface area (Å²) in [4.78, 5) is 16.1. The molecule has 1 fully saturated rings. The van der Waals surface area contributed by atoms with Gasteiger partial charge in [0.2, 0.25) is 0 Å². The molecule has 3 aliphatic carbocycles. The molecule has 1 saturated carbocycles.